The Morgan fingerprint density at radius 3 is 2.43 bits per heavy atom. The molecule has 0 saturated heterocycles. The predicted molar refractivity (Wildman–Crippen MR) is 268 cm³/mol. The number of unbranched alkanes of at least 4 members (excludes halogenated alkanes) is 2. The van der Waals surface area contributed by atoms with Gasteiger partial charge in [0.25, 0.3) is 5.69 Å². The number of aliphatic hydroxyl groups excluding tert-OH is 2. The van der Waals surface area contributed by atoms with E-state index in [0.29, 0.717) is 43.3 Å². The lowest BCUT2D eigenvalue weighted by Gasteiger charge is -2.59. The molecule has 1 amide bonds. The molecule has 69 heavy (non-hydrogen) atoms. The molecule has 0 spiro atoms. The summed E-state index contributed by atoms with van der Waals surface area (Å²) in [4.78, 5) is 35.1. The van der Waals surface area contributed by atoms with E-state index in [4.69, 9.17) is 28.9 Å². The highest BCUT2D eigenvalue weighted by molar-refractivity contribution is 7.99. The van der Waals surface area contributed by atoms with E-state index in [9.17, 15) is 20.3 Å². The molecular formula is C55H61N3O10S. The van der Waals surface area contributed by atoms with Crippen LogP contribution in [0.4, 0.5) is 10.5 Å². The van der Waals surface area contributed by atoms with Crippen molar-refractivity contribution in [2.24, 2.45) is 22.9 Å². The van der Waals surface area contributed by atoms with Crippen LogP contribution in [-0.2, 0) is 16.1 Å². The summed E-state index contributed by atoms with van der Waals surface area (Å²) in [6, 6.07) is 34.7. The molecule has 6 unspecified atom stereocenters. The van der Waals surface area contributed by atoms with Gasteiger partial charge in [-0.2, -0.15) is 0 Å². The monoisotopic (exact) mass is 955 g/mol. The fourth-order valence-corrected chi connectivity index (χ4v) is 11.2. The van der Waals surface area contributed by atoms with Crippen LogP contribution in [0.25, 0.3) is 10.8 Å². The maximum Gasteiger partial charge on any atom is 0.416 e. The molecule has 1 saturated carbocycles. The van der Waals surface area contributed by atoms with Gasteiger partial charge in [-0.25, -0.2) is 4.79 Å². The standard InChI is InChI=1S/C55H61N3O10S/c1-3-31-65-55-51(57(37-40-18-14-17-38-15-8-9-21-45(38)40)54(61)67-42-25-23-41(24-26-42)58(62)63)36-49(56-66-4-2)47-34-39(16-10-12-29-59)46(22-11-13-30-60)52(53(47)55)48-35-43(27-28-50(48)68-55)64-32-33-69-44-19-6-5-7-20-44/h3,5-9,14-15,17-21,23-28,34-35,39,46,51-53,59-60H,1,4,10-13,16,22,29-33,36-37H2,2H3. The first-order chi connectivity index (χ1) is 33.8. The third kappa shape index (κ3) is 11.2. The van der Waals surface area contributed by atoms with Crippen molar-refractivity contribution in [1.82, 2.24) is 4.90 Å². The first-order valence-corrected chi connectivity index (χ1v) is 25.0. The summed E-state index contributed by atoms with van der Waals surface area (Å²) in [6.07, 6.45) is 7.86. The van der Waals surface area contributed by atoms with Gasteiger partial charge in [0, 0.05) is 53.9 Å². The van der Waals surface area contributed by atoms with Crippen LogP contribution in [0.3, 0.4) is 0 Å². The van der Waals surface area contributed by atoms with Gasteiger partial charge < -0.3 is 34.0 Å². The van der Waals surface area contributed by atoms with Crippen molar-refractivity contribution in [3.05, 3.63) is 161 Å². The summed E-state index contributed by atoms with van der Waals surface area (Å²) >= 11 is 1.73. The molecule has 8 rings (SSSR count). The van der Waals surface area contributed by atoms with Gasteiger partial charge in [-0.1, -0.05) is 90.8 Å². The molecule has 5 aromatic rings. The van der Waals surface area contributed by atoms with Crippen molar-refractivity contribution in [3.63, 3.8) is 0 Å². The van der Waals surface area contributed by atoms with Gasteiger partial charge in [0.05, 0.1) is 36.3 Å². The molecule has 2 N–H and O–H groups in total. The van der Waals surface area contributed by atoms with Gasteiger partial charge in [-0.3, -0.25) is 15.0 Å². The van der Waals surface area contributed by atoms with Crippen molar-refractivity contribution in [2.75, 3.05) is 38.8 Å². The molecule has 0 bridgehead atoms. The fraction of sp³-hybridized carbons (Fsp3) is 0.382. The van der Waals surface area contributed by atoms with E-state index in [2.05, 4.69) is 30.9 Å². The summed E-state index contributed by atoms with van der Waals surface area (Å²) in [5.74, 6) is -0.152. The van der Waals surface area contributed by atoms with Crippen LogP contribution in [0.1, 0.15) is 68.9 Å². The number of oxime groups is 1. The van der Waals surface area contributed by atoms with Crippen LogP contribution in [0.2, 0.25) is 0 Å². The minimum atomic E-state index is -1.55. The van der Waals surface area contributed by atoms with Gasteiger partial charge in [0.15, 0.2) is 0 Å². The number of rotatable bonds is 23. The highest BCUT2D eigenvalue weighted by Crippen LogP contribution is 2.62. The lowest BCUT2D eigenvalue weighted by molar-refractivity contribution is -0.384. The Morgan fingerprint density at radius 1 is 0.942 bits per heavy atom. The number of benzene rings is 5. The van der Waals surface area contributed by atoms with E-state index < -0.39 is 28.8 Å². The summed E-state index contributed by atoms with van der Waals surface area (Å²) in [7, 11) is 0. The van der Waals surface area contributed by atoms with E-state index in [1.54, 1.807) is 22.7 Å². The van der Waals surface area contributed by atoms with Crippen LogP contribution >= 0.6 is 11.8 Å². The number of hydrogen-bond donors (Lipinski definition) is 2. The Bertz CT molecular complexity index is 2600. The second-order valence-corrected chi connectivity index (χ2v) is 18.8. The van der Waals surface area contributed by atoms with Gasteiger partial charge in [0.2, 0.25) is 5.79 Å². The number of carbonyl (C=O) groups is 1. The molecule has 1 aliphatic heterocycles. The van der Waals surface area contributed by atoms with E-state index >= 15 is 4.79 Å². The SMILES string of the molecule is C=CCOC12Oc3ccc(OCCSc4ccccc4)cc3C3C(CCCCO)C(CCCCO)C=C(C(=NOCC)CC1N(Cc1cccc4ccccc14)C(=O)Oc1ccc([N+](=O)[O-])cc1)C32. The number of ether oxygens (including phenoxy) is 4. The van der Waals surface area contributed by atoms with E-state index in [0.717, 1.165) is 63.8 Å². The number of nitro groups is 1. The summed E-state index contributed by atoms with van der Waals surface area (Å²) in [5, 5.41) is 38.4. The van der Waals surface area contributed by atoms with E-state index in [-0.39, 0.29) is 62.0 Å². The minimum Gasteiger partial charge on any atom is -0.493 e. The molecule has 14 heteroatoms. The Kier molecular flexibility index (Phi) is 16.7. The topological polar surface area (TPSA) is 162 Å². The van der Waals surface area contributed by atoms with Crippen LogP contribution in [0.5, 0.6) is 17.2 Å². The Labute approximate surface area is 407 Å². The number of thioether (sulfide) groups is 1. The molecule has 6 atom stereocenters. The van der Waals surface area contributed by atoms with Gasteiger partial charge >= 0.3 is 6.09 Å². The summed E-state index contributed by atoms with van der Waals surface area (Å²) in [5.41, 5.74) is 3.23. The minimum absolute atomic E-state index is 0.00732. The third-order valence-electron chi connectivity index (χ3n) is 13.4. The van der Waals surface area contributed by atoms with Crippen LogP contribution in [0.15, 0.2) is 150 Å². The number of aliphatic hydroxyl groups is 2. The average molecular weight is 956 g/mol. The van der Waals surface area contributed by atoms with Crippen LogP contribution < -0.4 is 14.2 Å². The number of carbonyl (C=O) groups excluding carboxylic acids is 1. The lowest BCUT2D eigenvalue weighted by atomic mass is 9.55. The third-order valence-corrected chi connectivity index (χ3v) is 14.4. The van der Waals surface area contributed by atoms with Crippen LogP contribution in [-0.4, -0.2) is 82.5 Å². The molecule has 2 aliphatic carbocycles. The Morgan fingerprint density at radius 2 is 1.68 bits per heavy atom. The second kappa shape index (κ2) is 23.4. The molecular weight excluding hydrogens is 895 g/mol. The van der Waals surface area contributed by atoms with Gasteiger partial charge in [0.1, 0.15) is 29.9 Å². The molecule has 0 aromatic heterocycles. The zero-order valence-corrected chi connectivity index (χ0v) is 39.8. The number of nitrogens with zero attached hydrogens (tertiary/aromatic N) is 3. The van der Waals surface area contributed by atoms with Crippen molar-refractivity contribution >= 4 is 40.0 Å². The molecule has 0 radical (unpaired) electrons. The molecule has 1 fully saturated rings. The summed E-state index contributed by atoms with van der Waals surface area (Å²) < 4.78 is 27.3. The predicted octanol–water partition coefficient (Wildman–Crippen LogP) is 11.3. The van der Waals surface area contributed by atoms with Crippen molar-refractivity contribution in [1.29, 1.82) is 0 Å². The molecule has 3 aliphatic rings. The number of amides is 1. The van der Waals surface area contributed by atoms with Crippen molar-refractivity contribution in [3.8, 4) is 17.2 Å². The summed E-state index contributed by atoms with van der Waals surface area (Å²) in [6.45, 7) is 7.03. The van der Waals surface area contributed by atoms with Gasteiger partial charge in [-0.05, 0) is 109 Å². The number of allylic oxidation sites excluding steroid dienone is 1. The first-order valence-electron chi connectivity index (χ1n) is 24.0. The first kappa shape index (κ1) is 49.2. The fourth-order valence-electron chi connectivity index (χ4n) is 10.4. The Balaban J connectivity index is 1.30. The maximum absolute atomic E-state index is 15.3. The number of nitro benzene ring substituents is 1. The Hall–Kier alpha value is -6.19. The average Bonchev–Trinajstić information content (AvgIpc) is 3.37. The van der Waals surface area contributed by atoms with Crippen molar-refractivity contribution < 1.29 is 43.7 Å². The second-order valence-electron chi connectivity index (χ2n) is 17.6. The molecule has 362 valence electrons. The number of fused-ring (bicyclic) bond motifs is 3. The van der Waals surface area contributed by atoms with E-state index in [1.807, 2.05) is 79.7 Å². The lowest BCUT2D eigenvalue weighted by Crippen LogP contribution is -2.70. The molecule has 13 nitrogen and oxygen atoms in total. The smallest absolute Gasteiger partial charge is 0.416 e. The normalized spacial score (nSPS) is 21.9. The molecule has 1 heterocycles. The highest BCUT2D eigenvalue weighted by atomic mass is 32.2. The maximum atomic E-state index is 15.3. The molecule has 5 aromatic carbocycles. The number of hydrogen-bond acceptors (Lipinski definition) is 12. The number of non-ortho nitro benzene ring substituents is 1. The largest absolute Gasteiger partial charge is 0.493 e. The van der Waals surface area contributed by atoms with Crippen LogP contribution in [0, 0.1) is 27.9 Å². The zero-order valence-electron chi connectivity index (χ0n) is 39.0. The van der Waals surface area contributed by atoms with E-state index in [1.165, 1.54) is 24.3 Å². The van der Waals surface area contributed by atoms with Gasteiger partial charge in [-0.15, -0.1) is 18.3 Å². The zero-order chi connectivity index (χ0) is 48.2. The highest BCUT2D eigenvalue weighted by Gasteiger charge is 2.66. The quantitative estimate of drug-likeness (QED) is 0.0211. The van der Waals surface area contributed by atoms with Crippen molar-refractivity contribution in [2.45, 2.75) is 81.1 Å².